The fourth-order valence-electron chi connectivity index (χ4n) is 5.26. The van der Waals surface area contributed by atoms with E-state index < -0.39 is 0 Å². The number of hydrogen-bond donors (Lipinski definition) is 0. The Balaban J connectivity index is 1.80. The predicted molar refractivity (Wildman–Crippen MR) is 140 cm³/mol. The second kappa shape index (κ2) is 7.08. The summed E-state index contributed by atoms with van der Waals surface area (Å²) in [5.74, 6) is 0. The molecule has 7 aromatic rings. The third kappa shape index (κ3) is 2.66. The van der Waals surface area contributed by atoms with Crippen molar-refractivity contribution in [2.45, 2.75) is 0 Å². The highest BCUT2D eigenvalue weighted by Gasteiger charge is 2.20. The summed E-state index contributed by atoms with van der Waals surface area (Å²) in [6, 6.07) is 43.0. The molecule has 0 atom stereocenters. The molecule has 0 unspecified atom stereocenters. The predicted octanol–water partition coefficient (Wildman–Crippen LogP) is 9.23. The van der Waals surface area contributed by atoms with Gasteiger partial charge in [-0.05, 0) is 45.0 Å². The maximum Gasteiger partial charge on any atom is 0.143 e. The fraction of sp³-hybridized carbons (Fsp3) is 0. The van der Waals surface area contributed by atoms with Crippen LogP contribution in [-0.2, 0) is 0 Å². The van der Waals surface area contributed by atoms with E-state index in [2.05, 4.69) is 115 Å². The van der Waals surface area contributed by atoms with Crippen molar-refractivity contribution in [1.29, 1.82) is 0 Å². The van der Waals surface area contributed by atoms with Crippen LogP contribution < -0.4 is 0 Å². The normalized spacial score (nSPS) is 11.6. The monoisotopic (exact) mass is 420 g/mol. The van der Waals surface area contributed by atoms with Crippen molar-refractivity contribution >= 4 is 43.5 Å². The first-order valence-electron chi connectivity index (χ1n) is 11.3. The largest absolute Gasteiger partial charge is 0.455 e. The maximum atomic E-state index is 6.57. The minimum absolute atomic E-state index is 0.924. The van der Waals surface area contributed by atoms with Gasteiger partial charge in [0.25, 0.3) is 0 Å². The molecule has 1 heteroatoms. The molecule has 0 N–H and O–H groups in total. The van der Waals surface area contributed by atoms with E-state index in [9.17, 15) is 0 Å². The van der Waals surface area contributed by atoms with Crippen LogP contribution in [-0.4, -0.2) is 0 Å². The quantitative estimate of drug-likeness (QED) is 0.254. The van der Waals surface area contributed by atoms with E-state index in [0.29, 0.717) is 0 Å². The topological polar surface area (TPSA) is 13.1 Å². The molecule has 0 fully saturated rings. The summed E-state index contributed by atoms with van der Waals surface area (Å²) in [4.78, 5) is 0. The molecule has 1 heterocycles. The van der Waals surface area contributed by atoms with E-state index in [1.807, 2.05) is 6.07 Å². The Morgan fingerprint density at radius 3 is 1.58 bits per heavy atom. The van der Waals surface area contributed by atoms with E-state index in [-0.39, 0.29) is 0 Å². The molecule has 1 aromatic heterocycles. The molecule has 7 rings (SSSR count). The van der Waals surface area contributed by atoms with Crippen LogP contribution in [0.4, 0.5) is 0 Å². The zero-order valence-corrected chi connectivity index (χ0v) is 18.0. The third-order valence-electron chi connectivity index (χ3n) is 6.66. The van der Waals surface area contributed by atoms with E-state index in [4.69, 9.17) is 4.42 Å². The molecule has 154 valence electrons. The number of fused-ring (bicyclic) bond motifs is 6. The number of benzene rings is 6. The summed E-state index contributed by atoms with van der Waals surface area (Å²) in [6.07, 6.45) is 0. The van der Waals surface area contributed by atoms with Gasteiger partial charge in [-0.1, -0.05) is 109 Å². The molecule has 1 nitrogen and oxygen atoms in total. The Hall–Kier alpha value is -4.36. The van der Waals surface area contributed by atoms with Crippen molar-refractivity contribution in [3.63, 3.8) is 0 Å². The van der Waals surface area contributed by atoms with Crippen molar-refractivity contribution in [1.82, 2.24) is 0 Å². The summed E-state index contributed by atoms with van der Waals surface area (Å²) in [5.41, 5.74) is 6.78. The molecule has 0 spiro atoms. The van der Waals surface area contributed by atoms with Crippen LogP contribution in [0.5, 0.6) is 0 Å². The summed E-state index contributed by atoms with van der Waals surface area (Å²) >= 11 is 0. The Morgan fingerprint density at radius 2 is 0.879 bits per heavy atom. The first-order valence-corrected chi connectivity index (χ1v) is 11.3. The lowest BCUT2D eigenvalue weighted by Gasteiger charge is -2.18. The standard InChI is InChI=1S/C32H20O/c1-3-11-21(12-4-1)29-24-16-7-8-17-25(24)30(22-13-5-2-6-14-22)31-27(29)20-19-26-23-15-9-10-18-28(23)33-32(26)31/h1-20H. The zero-order chi connectivity index (χ0) is 21.8. The lowest BCUT2D eigenvalue weighted by atomic mass is 9.85. The van der Waals surface area contributed by atoms with Gasteiger partial charge in [0.05, 0.1) is 0 Å². The minimum Gasteiger partial charge on any atom is -0.455 e. The fourth-order valence-corrected chi connectivity index (χ4v) is 5.26. The second-order valence-electron chi connectivity index (χ2n) is 8.49. The Bertz CT molecular complexity index is 1790. The van der Waals surface area contributed by atoms with E-state index >= 15 is 0 Å². The van der Waals surface area contributed by atoms with Gasteiger partial charge in [0.1, 0.15) is 11.2 Å². The van der Waals surface area contributed by atoms with Crippen LogP contribution in [0.3, 0.4) is 0 Å². The lowest BCUT2D eigenvalue weighted by molar-refractivity contribution is 0.673. The van der Waals surface area contributed by atoms with Crippen molar-refractivity contribution in [3.05, 3.63) is 121 Å². The highest BCUT2D eigenvalue weighted by Crippen LogP contribution is 2.47. The van der Waals surface area contributed by atoms with Gasteiger partial charge in [-0.2, -0.15) is 0 Å². The van der Waals surface area contributed by atoms with Crippen LogP contribution in [0.1, 0.15) is 0 Å². The summed E-state index contributed by atoms with van der Waals surface area (Å²) in [5, 5.41) is 7.19. The van der Waals surface area contributed by atoms with E-state index in [1.54, 1.807) is 0 Å². The molecular formula is C32H20O. The number of furan rings is 1. The van der Waals surface area contributed by atoms with Crippen molar-refractivity contribution < 1.29 is 4.42 Å². The zero-order valence-electron chi connectivity index (χ0n) is 18.0. The molecule has 33 heavy (non-hydrogen) atoms. The number of hydrogen-bond acceptors (Lipinski definition) is 1. The molecule has 0 saturated heterocycles. The summed E-state index contributed by atoms with van der Waals surface area (Å²) in [7, 11) is 0. The van der Waals surface area contributed by atoms with Gasteiger partial charge < -0.3 is 4.42 Å². The summed E-state index contributed by atoms with van der Waals surface area (Å²) in [6.45, 7) is 0. The molecule has 0 radical (unpaired) electrons. The van der Waals surface area contributed by atoms with Crippen LogP contribution in [0.2, 0.25) is 0 Å². The average Bonchev–Trinajstić information content (AvgIpc) is 3.27. The van der Waals surface area contributed by atoms with Crippen molar-refractivity contribution in [2.75, 3.05) is 0 Å². The average molecular weight is 421 g/mol. The molecular weight excluding hydrogens is 400 g/mol. The molecule has 0 saturated carbocycles. The Labute approximate surface area is 191 Å². The van der Waals surface area contributed by atoms with Gasteiger partial charge in [0, 0.05) is 21.7 Å². The Kier molecular flexibility index (Phi) is 3.91. The lowest BCUT2D eigenvalue weighted by Crippen LogP contribution is -1.91. The van der Waals surface area contributed by atoms with Gasteiger partial charge in [-0.25, -0.2) is 0 Å². The molecule has 6 aromatic carbocycles. The van der Waals surface area contributed by atoms with Crippen molar-refractivity contribution in [3.8, 4) is 22.3 Å². The van der Waals surface area contributed by atoms with Crippen molar-refractivity contribution in [2.24, 2.45) is 0 Å². The van der Waals surface area contributed by atoms with E-state index in [1.165, 1.54) is 43.8 Å². The highest BCUT2D eigenvalue weighted by molar-refractivity contribution is 6.29. The molecule has 0 aliphatic rings. The van der Waals surface area contributed by atoms with E-state index in [0.717, 1.165) is 21.9 Å². The van der Waals surface area contributed by atoms with Gasteiger partial charge in [-0.3, -0.25) is 0 Å². The molecule has 0 bridgehead atoms. The molecule has 0 aliphatic heterocycles. The van der Waals surface area contributed by atoms with Gasteiger partial charge in [0.2, 0.25) is 0 Å². The van der Waals surface area contributed by atoms with Gasteiger partial charge >= 0.3 is 0 Å². The smallest absolute Gasteiger partial charge is 0.143 e. The van der Waals surface area contributed by atoms with Crippen LogP contribution in [0, 0.1) is 0 Å². The number of para-hydroxylation sites is 1. The maximum absolute atomic E-state index is 6.57. The van der Waals surface area contributed by atoms with Crippen LogP contribution in [0.15, 0.2) is 126 Å². The minimum atomic E-state index is 0.924. The van der Waals surface area contributed by atoms with Gasteiger partial charge in [-0.15, -0.1) is 0 Å². The highest BCUT2D eigenvalue weighted by atomic mass is 16.3. The Morgan fingerprint density at radius 1 is 0.364 bits per heavy atom. The molecule has 0 amide bonds. The molecule has 0 aliphatic carbocycles. The SMILES string of the molecule is c1ccc(-c2c3ccccc3c(-c3ccccc3)c3c2ccc2c4ccccc4oc23)cc1. The second-order valence-corrected chi connectivity index (χ2v) is 8.49. The first kappa shape index (κ1) is 18.2. The third-order valence-corrected chi connectivity index (χ3v) is 6.66. The van der Waals surface area contributed by atoms with Crippen LogP contribution >= 0.6 is 0 Å². The number of rotatable bonds is 2. The first-order chi connectivity index (χ1) is 16.4. The van der Waals surface area contributed by atoms with Crippen LogP contribution in [0.25, 0.3) is 65.7 Å². The summed E-state index contributed by atoms with van der Waals surface area (Å²) < 4.78 is 6.57. The van der Waals surface area contributed by atoms with Gasteiger partial charge in [0.15, 0.2) is 0 Å².